The number of ether oxygens (including phenoxy) is 1. The van der Waals surface area contributed by atoms with E-state index in [0.29, 0.717) is 0 Å². The van der Waals surface area contributed by atoms with Crippen LogP contribution in [0.5, 0.6) is 0 Å². The van der Waals surface area contributed by atoms with Gasteiger partial charge in [0.25, 0.3) is 0 Å². The molecule has 0 aliphatic carbocycles. The molecule has 0 aromatic rings. The molecule has 0 aromatic heterocycles. The van der Waals surface area contributed by atoms with Crippen LogP contribution < -0.4 is 5.32 Å². The van der Waals surface area contributed by atoms with E-state index < -0.39 is 17.5 Å². The van der Waals surface area contributed by atoms with Crippen molar-refractivity contribution < 1.29 is 13.9 Å². The van der Waals surface area contributed by atoms with Gasteiger partial charge in [0.2, 0.25) is 0 Å². The van der Waals surface area contributed by atoms with Crippen molar-refractivity contribution in [3.8, 4) is 0 Å². The maximum absolute atomic E-state index is 13.5. The number of hydrogen-bond donors (Lipinski definition) is 1. The first kappa shape index (κ1) is 15.7. The molecular weight excluding hydrogens is 245 g/mol. The van der Waals surface area contributed by atoms with E-state index in [0.717, 1.165) is 0 Å². The summed E-state index contributed by atoms with van der Waals surface area (Å²) in [5.41, 5.74) is -0.735. The van der Waals surface area contributed by atoms with E-state index in [2.05, 4.69) is 11.9 Å². The SMILES string of the molecule is C=C/C=C(NC(=O)OC(C)(C)C)\C(F)=C(/C)Cl. The van der Waals surface area contributed by atoms with Crippen LogP contribution in [-0.2, 0) is 4.74 Å². The molecule has 5 heteroatoms. The first-order valence-corrected chi connectivity index (χ1v) is 5.40. The highest BCUT2D eigenvalue weighted by molar-refractivity contribution is 6.29. The number of rotatable bonds is 3. The molecular formula is C12H17ClFNO2. The van der Waals surface area contributed by atoms with Crippen LogP contribution in [0.1, 0.15) is 27.7 Å². The van der Waals surface area contributed by atoms with Gasteiger partial charge in [-0.3, -0.25) is 5.32 Å². The van der Waals surface area contributed by atoms with Gasteiger partial charge in [0.05, 0.1) is 10.7 Å². The molecule has 1 N–H and O–H groups in total. The van der Waals surface area contributed by atoms with Crippen LogP contribution >= 0.6 is 11.6 Å². The first-order valence-electron chi connectivity index (χ1n) is 5.02. The average Bonchev–Trinajstić information content (AvgIpc) is 2.12. The van der Waals surface area contributed by atoms with Crippen molar-refractivity contribution in [2.75, 3.05) is 0 Å². The summed E-state index contributed by atoms with van der Waals surface area (Å²) in [6, 6.07) is 0. The van der Waals surface area contributed by atoms with E-state index in [1.54, 1.807) is 20.8 Å². The van der Waals surface area contributed by atoms with Crippen molar-refractivity contribution in [3.05, 3.63) is 35.3 Å². The summed E-state index contributed by atoms with van der Waals surface area (Å²) in [6.07, 6.45) is 1.88. The summed E-state index contributed by atoms with van der Waals surface area (Å²) < 4.78 is 18.5. The summed E-state index contributed by atoms with van der Waals surface area (Å²) in [4.78, 5) is 11.4. The van der Waals surface area contributed by atoms with Crippen molar-refractivity contribution in [1.82, 2.24) is 5.32 Å². The normalized spacial score (nSPS) is 13.9. The van der Waals surface area contributed by atoms with Gasteiger partial charge in [0, 0.05) is 0 Å². The second kappa shape index (κ2) is 6.45. The summed E-state index contributed by atoms with van der Waals surface area (Å²) in [5.74, 6) is -0.725. The fourth-order valence-corrected chi connectivity index (χ4v) is 0.988. The molecule has 0 bridgehead atoms. The fourth-order valence-electron chi connectivity index (χ4n) is 0.887. The lowest BCUT2D eigenvalue weighted by Crippen LogP contribution is -2.32. The highest BCUT2D eigenvalue weighted by Gasteiger charge is 2.18. The van der Waals surface area contributed by atoms with Gasteiger partial charge in [0.15, 0.2) is 5.83 Å². The molecule has 0 fully saturated rings. The van der Waals surface area contributed by atoms with Crippen molar-refractivity contribution in [1.29, 1.82) is 0 Å². The molecule has 96 valence electrons. The van der Waals surface area contributed by atoms with E-state index in [9.17, 15) is 9.18 Å². The number of carbonyl (C=O) groups excluding carboxylic acids is 1. The number of carbonyl (C=O) groups is 1. The fraction of sp³-hybridized carbons (Fsp3) is 0.417. The second-order valence-corrected chi connectivity index (χ2v) is 4.86. The first-order chi connectivity index (χ1) is 7.67. The third-order valence-electron chi connectivity index (χ3n) is 1.46. The van der Waals surface area contributed by atoms with Gasteiger partial charge in [-0.15, -0.1) is 0 Å². The van der Waals surface area contributed by atoms with Gasteiger partial charge in [-0.25, -0.2) is 9.18 Å². The highest BCUT2D eigenvalue weighted by atomic mass is 35.5. The Morgan fingerprint density at radius 3 is 2.35 bits per heavy atom. The van der Waals surface area contributed by atoms with E-state index in [1.807, 2.05) is 0 Å². The van der Waals surface area contributed by atoms with Crippen LogP contribution in [0.25, 0.3) is 0 Å². The molecule has 17 heavy (non-hydrogen) atoms. The van der Waals surface area contributed by atoms with Crippen LogP contribution in [0.2, 0.25) is 0 Å². The van der Waals surface area contributed by atoms with Crippen LogP contribution in [0.4, 0.5) is 9.18 Å². The lowest BCUT2D eigenvalue weighted by molar-refractivity contribution is 0.0545. The smallest absolute Gasteiger partial charge is 0.412 e. The van der Waals surface area contributed by atoms with Gasteiger partial charge in [-0.05, 0) is 33.8 Å². The third-order valence-corrected chi connectivity index (χ3v) is 1.62. The van der Waals surface area contributed by atoms with Gasteiger partial charge in [-0.2, -0.15) is 0 Å². The third kappa shape index (κ3) is 6.79. The molecule has 0 unspecified atom stereocenters. The molecule has 0 spiro atoms. The average molecular weight is 262 g/mol. The molecule has 0 radical (unpaired) electrons. The number of amides is 1. The minimum atomic E-state index is -0.751. The maximum atomic E-state index is 13.5. The van der Waals surface area contributed by atoms with Gasteiger partial charge < -0.3 is 4.74 Å². The molecule has 0 atom stereocenters. The highest BCUT2D eigenvalue weighted by Crippen LogP contribution is 2.18. The number of hydrogen-bond acceptors (Lipinski definition) is 2. The summed E-state index contributed by atoms with van der Waals surface area (Å²) in [7, 11) is 0. The molecule has 0 saturated carbocycles. The zero-order valence-electron chi connectivity index (χ0n) is 10.4. The van der Waals surface area contributed by atoms with Crippen molar-refractivity contribution in [2.24, 2.45) is 0 Å². The van der Waals surface area contributed by atoms with Crippen molar-refractivity contribution in [3.63, 3.8) is 0 Å². The second-order valence-electron chi connectivity index (χ2n) is 4.29. The maximum Gasteiger partial charge on any atom is 0.412 e. The Labute approximate surface area is 106 Å². The Kier molecular flexibility index (Phi) is 5.96. The zero-order chi connectivity index (χ0) is 13.6. The quantitative estimate of drug-likeness (QED) is 0.779. The van der Waals surface area contributed by atoms with Gasteiger partial charge in [-0.1, -0.05) is 24.3 Å². The molecule has 0 aliphatic rings. The van der Waals surface area contributed by atoms with Gasteiger partial charge in [0.1, 0.15) is 5.60 Å². The van der Waals surface area contributed by atoms with Crippen LogP contribution in [-0.4, -0.2) is 11.7 Å². The van der Waals surface area contributed by atoms with Crippen LogP contribution in [0, 0.1) is 0 Å². The molecule has 1 amide bonds. The zero-order valence-corrected chi connectivity index (χ0v) is 11.2. The molecule has 0 rings (SSSR count). The molecule has 0 heterocycles. The van der Waals surface area contributed by atoms with Gasteiger partial charge >= 0.3 is 6.09 Å². The van der Waals surface area contributed by atoms with E-state index in [-0.39, 0.29) is 10.7 Å². The van der Waals surface area contributed by atoms with Crippen molar-refractivity contribution in [2.45, 2.75) is 33.3 Å². The molecule has 0 aliphatic heterocycles. The Morgan fingerprint density at radius 1 is 1.47 bits per heavy atom. The Hall–Kier alpha value is -1.29. The minimum Gasteiger partial charge on any atom is -0.444 e. The lowest BCUT2D eigenvalue weighted by atomic mass is 10.2. The Morgan fingerprint density at radius 2 is 2.00 bits per heavy atom. The summed E-state index contributed by atoms with van der Waals surface area (Å²) in [5, 5.41) is 2.21. The topological polar surface area (TPSA) is 38.3 Å². The standard InChI is InChI=1S/C12H17ClFNO2/c1-6-7-9(10(14)8(2)13)15-11(16)17-12(3,4)5/h6-7H,1H2,2-5H3,(H,15,16)/b9-7+,10-8-. The molecule has 0 saturated heterocycles. The van der Waals surface area contributed by atoms with E-state index in [1.165, 1.54) is 19.1 Å². The monoisotopic (exact) mass is 261 g/mol. The predicted octanol–water partition coefficient (Wildman–Crippen LogP) is 4.02. The van der Waals surface area contributed by atoms with Crippen LogP contribution in [0.15, 0.2) is 35.3 Å². The van der Waals surface area contributed by atoms with Crippen molar-refractivity contribution >= 4 is 17.7 Å². The summed E-state index contributed by atoms with van der Waals surface area (Å²) >= 11 is 5.51. The van der Waals surface area contributed by atoms with E-state index in [4.69, 9.17) is 16.3 Å². The largest absolute Gasteiger partial charge is 0.444 e. The minimum absolute atomic E-state index is 0.0610. The number of nitrogens with one attached hydrogen (secondary N) is 1. The Balaban J connectivity index is 4.82. The Bertz CT molecular complexity index is 363. The van der Waals surface area contributed by atoms with E-state index >= 15 is 0 Å². The predicted molar refractivity (Wildman–Crippen MR) is 67.3 cm³/mol. The molecule has 3 nitrogen and oxygen atoms in total. The number of allylic oxidation sites excluding steroid dienone is 4. The summed E-state index contributed by atoms with van der Waals surface area (Å²) in [6.45, 7) is 9.94. The lowest BCUT2D eigenvalue weighted by Gasteiger charge is -2.20. The van der Waals surface area contributed by atoms with Crippen LogP contribution in [0.3, 0.4) is 0 Å². The number of halogens is 2. The molecule has 0 aromatic carbocycles. The number of alkyl carbamates (subject to hydrolysis) is 1.